The molecule has 0 amide bonds. The quantitative estimate of drug-likeness (QED) is 0.136. The third-order valence-electron chi connectivity index (χ3n) is 7.75. The number of unbranched alkanes of at least 4 members (excludes halogenated alkanes) is 9. The molecule has 5 rings (SSSR count). The van der Waals surface area contributed by atoms with Crippen molar-refractivity contribution < 1.29 is 0 Å². The lowest BCUT2D eigenvalue weighted by Gasteiger charge is -2.09. The van der Waals surface area contributed by atoms with Crippen molar-refractivity contribution in [1.29, 1.82) is 0 Å². The lowest BCUT2D eigenvalue weighted by Crippen LogP contribution is -1.88. The highest BCUT2D eigenvalue weighted by Crippen LogP contribution is 2.31. The minimum Gasteiger partial charge on any atom is -0.0654 e. The third kappa shape index (κ3) is 5.87. The molecule has 5 aromatic carbocycles. The molecule has 0 fully saturated rings. The Morgan fingerprint density at radius 1 is 0.400 bits per heavy atom. The van der Waals surface area contributed by atoms with Gasteiger partial charge >= 0.3 is 0 Å². The highest BCUT2D eigenvalue weighted by molar-refractivity contribution is 6.08. The summed E-state index contributed by atoms with van der Waals surface area (Å²) in [6.45, 7) is 4.46. The van der Waals surface area contributed by atoms with Crippen LogP contribution in [-0.4, -0.2) is 0 Å². The predicted octanol–water partition coefficient (Wildman–Crippen LogP) is 11.1. The molecule has 0 bridgehead atoms. The Balaban J connectivity index is 1.25. The van der Waals surface area contributed by atoms with E-state index in [1.54, 1.807) is 0 Å². The van der Waals surface area contributed by atoms with Gasteiger partial charge in [-0.1, -0.05) is 107 Å². The molecule has 0 N–H and O–H groups in total. The van der Waals surface area contributed by atoms with Gasteiger partial charge in [-0.3, -0.25) is 0 Å². The van der Waals surface area contributed by atoms with E-state index in [0.717, 1.165) is 0 Å². The van der Waals surface area contributed by atoms with Gasteiger partial charge in [-0.2, -0.15) is 0 Å². The second-order valence-electron chi connectivity index (χ2n) is 10.7. The summed E-state index contributed by atoms with van der Waals surface area (Å²) in [6, 6.07) is 28.0. The van der Waals surface area contributed by atoms with Gasteiger partial charge in [0.2, 0.25) is 0 Å². The van der Waals surface area contributed by atoms with Gasteiger partial charge in [0, 0.05) is 0 Å². The maximum absolute atomic E-state index is 2.43. The molecule has 35 heavy (non-hydrogen) atoms. The van der Waals surface area contributed by atoms with Crippen LogP contribution in [0.5, 0.6) is 0 Å². The molecule has 0 heterocycles. The standard InChI is InChI=1S/C35H40/c1-3-4-5-6-7-8-9-10-11-12-13-27-15-17-29-21-33-24-34-22-30-18-26(2)14-16-28(30)20-32(34)25-35(33)23-31(29)19-27/h14-25H,3-13H2,1-2H3. The monoisotopic (exact) mass is 460 g/mol. The molecular weight excluding hydrogens is 420 g/mol. The third-order valence-corrected chi connectivity index (χ3v) is 7.75. The Labute approximate surface area is 211 Å². The average molecular weight is 461 g/mol. The van der Waals surface area contributed by atoms with Gasteiger partial charge in [0.25, 0.3) is 0 Å². The first-order chi connectivity index (χ1) is 17.2. The lowest BCUT2D eigenvalue weighted by atomic mass is 9.96. The Hall–Kier alpha value is -2.86. The lowest BCUT2D eigenvalue weighted by molar-refractivity contribution is 0.556. The molecule has 180 valence electrons. The number of fused-ring (bicyclic) bond motifs is 4. The van der Waals surface area contributed by atoms with Crippen molar-refractivity contribution in [1.82, 2.24) is 0 Å². The second kappa shape index (κ2) is 11.3. The molecule has 0 spiro atoms. The van der Waals surface area contributed by atoms with Gasteiger partial charge in [0.15, 0.2) is 0 Å². The number of aryl methyl sites for hydroxylation is 2. The van der Waals surface area contributed by atoms with Crippen LogP contribution < -0.4 is 0 Å². The van der Waals surface area contributed by atoms with Crippen LogP contribution in [0.25, 0.3) is 43.1 Å². The van der Waals surface area contributed by atoms with E-state index in [1.165, 1.54) is 125 Å². The van der Waals surface area contributed by atoms with E-state index in [2.05, 4.69) is 86.6 Å². The second-order valence-corrected chi connectivity index (χ2v) is 10.7. The van der Waals surface area contributed by atoms with E-state index in [-0.39, 0.29) is 0 Å². The zero-order chi connectivity index (χ0) is 24.0. The van der Waals surface area contributed by atoms with Crippen molar-refractivity contribution in [2.24, 2.45) is 0 Å². The molecule has 0 saturated heterocycles. The fraction of sp³-hybridized carbons (Fsp3) is 0.371. The molecule has 0 radical (unpaired) electrons. The smallest absolute Gasteiger partial charge is 0.0171 e. The van der Waals surface area contributed by atoms with E-state index in [0.29, 0.717) is 0 Å². The number of benzene rings is 5. The maximum Gasteiger partial charge on any atom is -0.0171 e. The van der Waals surface area contributed by atoms with E-state index >= 15 is 0 Å². The molecule has 0 atom stereocenters. The molecule has 0 aliphatic rings. The van der Waals surface area contributed by atoms with Crippen LogP contribution >= 0.6 is 0 Å². The largest absolute Gasteiger partial charge is 0.0654 e. The summed E-state index contributed by atoms with van der Waals surface area (Å²) in [7, 11) is 0. The topological polar surface area (TPSA) is 0 Å². The maximum atomic E-state index is 2.43. The summed E-state index contributed by atoms with van der Waals surface area (Å²) in [5, 5.41) is 10.7. The van der Waals surface area contributed by atoms with Gasteiger partial charge < -0.3 is 0 Å². The van der Waals surface area contributed by atoms with Crippen LogP contribution in [-0.2, 0) is 6.42 Å². The molecule has 0 aromatic heterocycles. The van der Waals surface area contributed by atoms with E-state index < -0.39 is 0 Å². The normalized spacial score (nSPS) is 11.8. The number of hydrogen-bond acceptors (Lipinski definition) is 0. The van der Waals surface area contributed by atoms with Gasteiger partial charge in [-0.25, -0.2) is 0 Å². The van der Waals surface area contributed by atoms with Crippen molar-refractivity contribution in [3.8, 4) is 0 Å². The summed E-state index contributed by atoms with van der Waals surface area (Å²) in [4.78, 5) is 0. The molecule has 5 aromatic rings. The van der Waals surface area contributed by atoms with E-state index in [4.69, 9.17) is 0 Å². The summed E-state index contributed by atoms with van der Waals surface area (Å²) < 4.78 is 0. The van der Waals surface area contributed by atoms with Crippen LogP contribution in [0, 0.1) is 6.92 Å². The average Bonchev–Trinajstić information content (AvgIpc) is 2.86. The first-order valence-corrected chi connectivity index (χ1v) is 14.0. The minimum atomic E-state index is 1.20. The van der Waals surface area contributed by atoms with Gasteiger partial charge in [-0.15, -0.1) is 0 Å². The first kappa shape index (κ1) is 23.9. The highest BCUT2D eigenvalue weighted by atomic mass is 14.1. The van der Waals surface area contributed by atoms with Crippen LogP contribution in [0.1, 0.15) is 82.3 Å². The van der Waals surface area contributed by atoms with Crippen molar-refractivity contribution in [3.05, 3.63) is 83.9 Å². The minimum absolute atomic E-state index is 1.20. The summed E-state index contributed by atoms with van der Waals surface area (Å²) in [5.74, 6) is 0. The Morgan fingerprint density at radius 3 is 1.40 bits per heavy atom. The Bertz CT molecular complexity index is 1440. The molecule has 0 aliphatic heterocycles. The molecule has 0 nitrogen and oxygen atoms in total. The summed E-state index contributed by atoms with van der Waals surface area (Å²) >= 11 is 0. The van der Waals surface area contributed by atoms with Crippen molar-refractivity contribution >= 4 is 43.1 Å². The number of rotatable bonds is 11. The SMILES string of the molecule is CCCCCCCCCCCCc1ccc2cc3cc4cc5cc(C)ccc5cc4cc3cc2c1. The molecule has 0 heteroatoms. The molecule has 0 aliphatic carbocycles. The van der Waals surface area contributed by atoms with Crippen LogP contribution in [0.15, 0.2) is 72.8 Å². The summed E-state index contributed by atoms with van der Waals surface area (Å²) in [5.41, 5.74) is 2.80. The van der Waals surface area contributed by atoms with Crippen LogP contribution in [0.2, 0.25) is 0 Å². The first-order valence-electron chi connectivity index (χ1n) is 14.0. The number of hydrogen-bond donors (Lipinski definition) is 0. The van der Waals surface area contributed by atoms with E-state index in [1.807, 2.05) is 0 Å². The van der Waals surface area contributed by atoms with Crippen molar-refractivity contribution in [2.75, 3.05) is 0 Å². The molecule has 0 unspecified atom stereocenters. The Morgan fingerprint density at radius 2 is 0.829 bits per heavy atom. The zero-order valence-electron chi connectivity index (χ0n) is 21.7. The molecule has 0 saturated carbocycles. The van der Waals surface area contributed by atoms with Crippen LogP contribution in [0.3, 0.4) is 0 Å². The fourth-order valence-electron chi connectivity index (χ4n) is 5.64. The van der Waals surface area contributed by atoms with Crippen molar-refractivity contribution in [3.63, 3.8) is 0 Å². The summed E-state index contributed by atoms with van der Waals surface area (Å²) in [6.07, 6.45) is 15.2. The van der Waals surface area contributed by atoms with Gasteiger partial charge in [0.05, 0.1) is 0 Å². The predicted molar refractivity (Wildman–Crippen MR) is 157 cm³/mol. The van der Waals surface area contributed by atoms with E-state index in [9.17, 15) is 0 Å². The van der Waals surface area contributed by atoms with Crippen molar-refractivity contribution in [2.45, 2.75) is 84.5 Å². The Kier molecular flexibility index (Phi) is 7.67. The van der Waals surface area contributed by atoms with Gasteiger partial charge in [0.1, 0.15) is 0 Å². The van der Waals surface area contributed by atoms with Crippen LogP contribution in [0.4, 0.5) is 0 Å². The fourth-order valence-corrected chi connectivity index (χ4v) is 5.64. The molecular formula is C35H40. The zero-order valence-corrected chi connectivity index (χ0v) is 21.7. The highest BCUT2D eigenvalue weighted by Gasteiger charge is 2.05. The van der Waals surface area contributed by atoms with Gasteiger partial charge in [-0.05, 0) is 105 Å².